The van der Waals surface area contributed by atoms with Gasteiger partial charge in [0.1, 0.15) is 47.2 Å². The monoisotopic (exact) mass is 1760 g/mol. The van der Waals surface area contributed by atoms with E-state index in [9.17, 15) is 19.2 Å². The van der Waals surface area contributed by atoms with Crippen LogP contribution in [0.1, 0.15) is 104 Å². The molecule has 19 rings (SSSR count). The fraction of sp³-hybridized carbons (Fsp3) is 0.213. The topological polar surface area (TPSA) is 279 Å². The molecule has 0 saturated carbocycles. The van der Waals surface area contributed by atoms with Gasteiger partial charge >= 0.3 is 24.4 Å². The molecule has 25 nitrogen and oxygen atoms in total. The standard InChI is InChI=1S/C25H22ClN3O4.C25H22ClN3O3.C24H19Cl2N3O3.C20H20ClN3O3/c1-31-17-5-7-18(8-6-17)33-25(30)29-12-11-19-20-13-16(26)4-9-21(20)28-23(19)24(29)15-3-10-22(32-2)27-14-15;1-15-3-7-18(8-4-15)32-25(30)29-12-11-19-20-13-17(26)6-9-21(20)28-23(19)24(29)16-5-10-22(31-2)27-14-16;1-31-21-9-2-14(13-27-21)23-22-18(19-12-16(26)5-8-20(19)28-22)10-11-29(23)24(30)32-17-6-3-15(25)4-7-17;1-3-27-20(25)24-9-8-14-15-10-13(21)5-6-16(15)23-18(14)19(24)12-4-7-17(26-2)22-11-12/h3-10,13-14,24,28H,11-12H2,1-2H3;3-10,13-14,24,28H,11-12H2,1-2H3;2-9,12-13,23,28H,10-11H2,1H3;4-7,10-11,19,23H,3,8-9H2,1-2H3. The van der Waals surface area contributed by atoms with Gasteiger partial charge in [-0.2, -0.15) is 0 Å². The van der Waals surface area contributed by atoms with E-state index in [0.29, 0.717) is 124 Å². The van der Waals surface area contributed by atoms with Gasteiger partial charge in [0, 0.05) is 167 Å². The number of H-pyrrole nitrogens is 4. The molecule has 0 saturated heterocycles. The first-order valence-corrected chi connectivity index (χ1v) is 41.7. The highest BCUT2D eigenvalue weighted by Crippen LogP contribution is 2.46. The number of nitrogens with one attached hydrogen (secondary N) is 4. The van der Waals surface area contributed by atoms with Crippen molar-refractivity contribution in [1.29, 1.82) is 0 Å². The van der Waals surface area contributed by atoms with E-state index in [0.717, 1.165) is 117 Å². The fourth-order valence-electron chi connectivity index (χ4n) is 16.4. The van der Waals surface area contributed by atoms with Crippen LogP contribution in [0.15, 0.2) is 219 Å². The van der Waals surface area contributed by atoms with Gasteiger partial charge in [-0.25, -0.2) is 39.1 Å². The predicted molar refractivity (Wildman–Crippen MR) is 476 cm³/mol. The van der Waals surface area contributed by atoms with Gasteiger partial charge in [0.2, 0.25) is 23.5 Å². The molecule has 0 spiro atoms. The Balaban J connectivity index is 0.000000123. The molecule has 0 radical (unpaired) electrons. The Bertz CT molecular complexity index is 6190. The van der Waals surface area contributed by atoms with Crippen LogP contribution in [0, 0.1) is 6.92 Å². The summed E-state index contributed by atoms with van der Waals surface area (Å²) in [5, 5.41) is 7.59. The second-order valence-corrected chi connectivity index (χ2v) is 31.7. The number of pyridine rings is 4. The van der Waals surface area contributed by atoms with E-state index in [1.165, 1.54) is 5.56 Å². The second kappa shape index (κ2) is 37.3. The Morgan fingerprint density at radius 2 is 0.589 bits per heavy atom. The third kappa shape index (κ3) is 17.9. The van der Waals surface area contributed by atoms with Crippen LogP contribution in [0.5, 0.6) is 46.5 Å². The highest BCUT2D eigenvalue weighted by Gasteiger charge is 2.41. The Morgan fingerprint density at radius 3 is 0.847 bits per heavy atom. The molecular formula is C94H83Cl5N12O13. The number of hydrogen-bond donors (Lipinski definition) is 4. The molecule has 632 valence electrons. The van der Waals surface area contributed by atoms with Crippen molar-refractivity contribution in [3.63, 3.8) is 0 Å². The molecule has 7 aromatic carbocycles. The van der Waals surface area contributed by atoms with Crippen molar-refractivity contribution in [3.05, 3.63) is 317 Å². The lowest BCUT2D eigenvalue weighted by Gasteiger charge is -2.35. The third-order valence-electron chi connectivity index (χ3n) is 22.2. The van der Waals surface area contributed by atoms with E-state index in [1.807, 2.05) is 123 Å². The number of ether oxygens (including phenoxy) is 9. The van der Waals surface area contributed by atoms with E-state index in [2.05, 4.69) is 39.9 Å². The van der Waals surface area contributed by atoms with Crippen LogP contribution in [-0.4, -0.2) is 152 Å². The van der Waals surface area contributed by atoms with E-state index < -0.39 is 30.4 Å². The number of halogens is 5. The molecule has 4 amide bonds. The minimum absolute atomic E-state index is 0.308. The van der Waals surface area contributed by atoms with Crippen molar-refractivity contribution >= 4 is 126 Å². The van der Waals surface area contributed by atoms with Crippen molar-refractivity contribution < 1.29 is 61.8 Å². The largest absolute Gasteiger partial charge is 0.497 e. The van der Waals surface area contributed by atoms with Gasteiger partial charge in [0.05, 0.1) is 42.2 Å². The molecule has 15 aromatic rings. The van der Waals surface area contributed by atoms with Gasteiger partial charge in [-0.05, 0) is 242 Å². The van der Waals surface area contributed by atoms with E-state index in [-0.39, 0.29) is 18.2 Å². The zero-order valence-corrected chi connectivity index (χ0v) is 72.0. The van der Waals surface area contributed by atoms with E-state index in [4.69, 9.17) is 101 Å². The molecule has 4 aliphatic rings. The molecule has 4 atom stereocenters. The van der Waals surface area contributed by atoms with Crippen molar-refractivity contribution in [3.8, 4) is 46.5 Å². The summed E-state index contributed by atoms with van der Waals surface area (Å²) in [6.45, 7) is 6.16. The quantitative estimate of drug-likeness (QED) is 0.0835. The lowest BCUT2D eigenvalue weighted by Crippen LogP contribution is -2.42. The predicted octanol–water partition coefficient (Wildman–Crippen LogP) is 21.4. The van der Waals surface area contributed by atoms with Gasteiger partial charge in [-0.1, -0.05) is 75.7 Å². The molecule has 30 heteroatoms. The van der Waals surface area contributed by atoms with Crippen LogP contribution in [0.25, 0.3) is 43.6 Å². The number of nitrogens with zero attached hydrogens (tertiary/aromatic N) is 8. The van der Waals surface area contributed by atoms with Gasteiger partial charge < -0.3 is 62.6 Å². The number of aryl methyl sites for hydroxylation is 1. The number of carbonyl (C=O) groups excluding carboxylic acids is 4. The van der Waals surface area contributed by atoms with Crippen LogP contribution in [0.3, 0.4) is 0 Å². The maximum Gasteiger partial charge on any atom is 0.416 e. The Labute approximate surface area is 737 Å². The minimum atomic E-state index is -0.449. The maximum atomic E-state index is 13.3. The van der Waals surface area contributed by atoms with Crippen LogP contribution in [0.2, 0.25) is 25.1 Å². The Hall–Kier alpha value is -13.2. The van der Waals surface area contributed by atoms with Crippen LogP contribution in [-0.2, 0) is 30.4 Å². The summed E-state index contributed by atoms with van der Waals surface area (Å²) < 4.78 is 48.3. The first-order chi connectivity index (χ1) is 60.2. The van der Waals surface area contributed by atoms with Gasteiger partial charge in [-0.3, -0.25) is 19.6 Å². The summed E-state index contributed by atoms with van der Waals surface area (Å²) in [6, 6.07) is 57.6. The van der Waals surface area contributed by atoms with E-state index >= 15 is 0 Å². The summed E-state index contributed by atoms with van der Waals surface area (Å²) in [7, 11) is 7.88. The Kier molecular flexibility index (Phi) is 25.4. The van der Waals surface area contributed by atoms with E-state index in [1.54, 1.807) is 165 Å². The van der Waals surface area contributed by atoms with Crippen LogP contribution < -0.4 is 37.9 Å². The summed E-state index contributed by atoms with van der Waals surface area (Å²) in [6.07, 6.45) is 8.07. The summed E-state index contributed by atoms with van der Waals surface area (Å²) in [5.74, 6) is 4.14. The summed E-state index contributed by atoms with van der Waals surface area (Å²) >= 11 is 30.9. The number of fused-ring (bicyclic) bond motifs is 12. The number of rotatable bonds is 13. The molecule has 124 heavy (non-hydrogen) atoms. The zero-order chi connectivity index (χ0) is 86.4. The molecular weight excluding hydrogens is 1680 g/mol. The number of benzene rings is 7. The Morgan fingerprint density at radius 1 is 0.331 bits per heavy atom. The highest BCUT2D eigenvalue weighted by molar-refractivity contribution is 6.32. The normalized spacial score (nSPS) is 15.6. The van der Waals surface area contributed by atoms with Crippen molar-refractivity contribution in [2.45, 2.75) is 63.7 Å². The van der Waals surface area contributed by atoms with Crippen LogP contribution in [0.4, 0.5) is 19.2 Å². The lowest BCUT2D eigenvalue weighted by molar-refractivity contribution is 0.0931. The minimum Gasteiger partial charge on any atom is -0.497 e. The maximum absolute atomic E-state index is 13.3. The second-order valence-electron chi connectivity index (χ2n) is 29.5. The first-order valence-electron chi connectivity index (χ1n) is 39.8. The SMILES string of the molecule is CCOC(=O)N1CCc2c([nH]c3ccc(Cl)cc23)C1c1ccc(OC)nc1.COc1ccc(C2c3[nH]c4ccc(Cl)cc4c3CCN2C(=O)Oc2ccc(C)cc2)cn1.COc1ccc(C2c3[nH]c4ccc(Cl)cc4c3CCN2C(=O)Oc2ccc(Cl)cc2)cn1.COc1ccc(OC(=O)N2CCc3c([nH]c4ccc(Cl)cc34)C2c2ccc(OC)nc2)cc1. The molecule has 4 unspecified atom stereocenters. The number of amides is 4. The first kappa shape index (κ1) is 84.4. The average molecular weight is 1770 g/mol. The number of methoxy groups -OCH3 is 5. The van der Waals surface area contributed by atoms with Crippen LogP contribution >= 0.6 is 58.0 Å². The van der Waals surface area contributed by atoms with Crippen molar-refractivity contribution in [1.82, 2.24) is 59.5 Å². The van der Waals surface area contributed by atoms with Gasteiger partial charge in [0.25, 0.3) is 0 Å². The lowest BCUT2D eigenvalue weighted by atomic mass is 9.93. The zero-order valence-electron chi connectivity index (χ0n) is 68.2. The molecule has 4 N–H and O–H groups in total. The highest BCUT2D eigenvalue weighted by atomic mass is 35.5. The molecule has 4 aliphatic heterocycles. The number of hydrogen-bond acceptors (Lipinski definition) is 17. The average Bonchev–Trinajstić information content (AvgIpc) is 1.79. The van der Waals surface area contributed by atoms with Gasteiger partial charge in [0.15, 0.2) is 0 Å². The number of aromatic amines is 4. The third-order valence-corrected chi connectivity index (χ3v) is 23.4. The number of aromatic nitrogens is 8. The van der Waals surface area contributed by atoms with Gasteiger partial charge in [-0.15, -0.1) is 0 Å². The summed E-state index contributed by atoms with van der Waals surface area (Å²) in [4.78, 5) is 90.7. The fourth-order valence-corrected chi connectivity index (χ4v) is 17.2. The molecule has 8 aromatic heterocycles. The molecule has 0 aliphatic carbocycles. The van der Waals surface area contributed by atoms with Crippen molar-refractivity contribution in [2.75, 3.05) is 68.3 Å². The molecule has 0 fully saturated rings. The smallest absolute Gasteiger partial charge is 0.416 e. The summed E-state index contributed by atoms with van der Waals surface area (Å²) in [5.41, 5.74) is 16.9. The molecule has 12 heterocycles. The number of carbonyl (C=O) groups is 4. The van der Waals surface area contributed by atoms with Crippen molar-refractivity contribution in [2.24, 2.45) is 0 Å². The molecule has 0 bridgehead atoms.